The van der Waals surface area contributed by atoms with Gasteiger partial charge in [0.2, 0.25) is 5.91 Å². The number of urea groups is 1. The van der Waals surface area contributed by atoms with E-state index in [1.165, 1.54) is 0 Å². The molecule has 1 aromatic carbocycles. The van der Waals surface area contributed by atoms with Gasteiger partial charge in [-0.2, -0.15) is 0 Å². The Balaban J connectivity index is 1.48. The summed E-state index contributed by atoms with van der Waals surface area (Å²) in [5, 5.41) is 6.28. The van der Waals surface area contributed by atoms with Gasteiger partial charge in [-0.05, 0) is 37.1 Å². The van der Waals surface area contributed by atoms with Crippen molar-refractivity contribution in [2.24, 2.45) is 0 Å². The second-order valence-corrected chi connectivity index (χ2v) is 6.31. The molecule has 23 heavy (non-hydrogen) atoms. The van der Waals surface area contributed by atoms with Gasteiger partial charge in [0.15, 0.2) is 0 Å². The lowest BCUT2D eigenvalue weighted by molar-refractivity contribution is -0.117. The Morgan fingerprint density at radius 1 is 1.35 bits per heavy atom. The molecule has 0 aliphatic carbocycles. The van der Waals surface area contributed by atoms with Crippen LogP contribution in [0.15, 0.2) is 24.3 Å². The highest BCUT2D eigenvalue weighted by Gasteiger charge is 2.31. The Hall–Kier alpha value is -1.79. The summed E-state index contributed by atoms with van der Waals surface area (Å²) >= 11 is 5.86. The molecule has 2 heterocycles. The van der Waals surface area contributed by atoms with Gasteiger partial charge in [-0.25, -0.2) is 4.79 Å². The third-order valence-electron chi connectivity index (χ3n) is 4.11. The van der Waals surface area contributed by atoms with E-state index in [2.05, 4.69) is 10.6 Å². The number of amides is 3. The third kappa shape index (κ3) is 4.14. The van der Waals surface area contributed by atoms with Gasteiger partial charge in [0, 0.05) is 36.8 Å². The smallest absolute Gasteiger partial charge is 0.315 e. The van der Waals surface area contributed by atoms with Crippen LogP contribution in [0.2, 0.25) is 5.02 Å². The van der Waals surface area contributed by atoms with E-state index in [1.54, 1.807) is 29.2 Å². The normalized spacial score (nSPS) is 24.0. The van der Waals surface area contributed by atoms with Gasteiger partial charge in [-0.3, -0.25) is 4.79 Å². The van der Waals surface area contributed by atoms with E-state index >= 15 is 0 Å². The number of hydrogen-bond donors (Lipinski definition) is 2. The van der Waals surface area contributed by atoms with Crippen LogP contribution in [0, 0.1) is 0 Å². The Morgan fingerprint density at radius 2 is 2.13 bits per heavy atom. The van der Waals surface area contributed by atoms with Gasteiger partial charge in [0.05, 0.1) is 12.1 Å². The average molecular weight is 338 g/mol. The molecule has 124 valence electrons. The molecular formula is C16H20ClN3O3. The minimum absolute atomic E-state index is 0.00301. The first-order valence-corrected chi connectivity index (χ1v) is 8.21. The standard InChI is InChI=1S/C16H20ClN3O3/c17-11-3-5-13(6-4-11)20-10-12(8-15(20)21)19-16(22)18-9-14-2-1-7-23-14/h3-6,12,14H,1-2,7-10H2,(H2,18,19,22)/t12-,14+/m0/s1. The maximum atomic E-state index is 12.1. The van der Waals surface area contributed by atoms with Crippen molar-refractivity contribution in [3.8, 4) is 0 Å². The van der Waals surface area contributed by atoms with Crippen LogP contribution >= 0.6 is 11.6 Å². The highest BCUT2D eigenvalue weighted by atomic mass is 35.5. The zero-order valence-corrected chi connectivity index (χ0v) is 13.5. The molecule has 7 heteroatoms. The van der Waals surface area contributed by atoms with Crippen LogP contribution in [0.1, 0.15) is 19.3 Å². The summed E-state index contributed by atoms with van der Waals surface area (Å²) in [6, 6.07) is 6.66. The predicted molar refractivity (Wildman–Crippen MR) is 87.7 cm³/mol. The fraction of sp³-hybridized carbons (Fsp3) is 0.500. The first kappa shape index (κ1) is 16.1. The van der Waals surface area contributed by atoms with E-state index in [1.807, 2.05) is 0 Å². The van der Waals surface area contributed by atoms with Gasteiger partial charge in [-0.15, -0.1) is 0 Å². The van der Waals surface area contributed by atoms with Crippen LogP contribution in [0.3, 0.4) is 0 Å². The quantitative estimate of drug-likeness (QED) is 0.882. The fourth-order valence-corrected chi connectivity index (χ4v) is 3.05. The third-order valence-corrected chi connectivity index (χ3v) is 4.36. The van der Waals surface area contributed by atoms with E-state index in [4.69, 9.17) is 16.3 Å². The molecule has 0 saturated carbocycles. The molecule has 0 spiro atoms. The van der Waals surface area contributed by atoms with Crippen LogP contribution in [-0.2, 0) is 9.53 Å². The summed E-state index contributed by atoms with van der Waals surface area (Å²) in [5.41, 5.74) is 0.795. The van der Waals surface area contributed by atoms with Gasteiger partial charge < -0.3 is 20.3 Å². The highest BCUT2D eigenvalue weighted by Crippen LogP contribution is 2.23. The SMILES string of the molecule is O=C(NC[C@H]1CCCO1)N[C@H]1CC(=O)N(c2ccc(Cl)cc2)C1. The van der Waals surface area contributed by atoms with E-state index in [0.717, 1.165) is 25.1 Å². The lowest BCUT2D eigenvalue weighted by atomic mass is 10.2. The van der Waals surface area contributed by atoms with Gasteiger partial charge >= 0.3 is 6.03 Å². The van der Waals surface area contributed by atoms with Crippen molar-refractivity contribution >= 4 is 29.2 Å². The molecule has 0 bridgehead atoms. The van der Waals surface area contributed by atoms with Crippen molar-refractivity contribution in [2.45, 2.75) is 31.4 Å². The number of nitrogens with zero attached hydrogens (tertiary/aromatic N) is 1. The molecule has 1 aromatic rings. The number of anilines is 1. The van der Waals surface area contributed by atoms with Crippen molar-refractivity contribution in [1.29, 1.82) is 0 Å². The zero-order chi connectivity index (χ0) is 16.2. The van der Waals surface area contributed by atoms with E-state index < -0.39 is 0 Å². The van der Waals surface area contributed by atoms with Gasteiger partial charge in [0.25, 0.3) is 0 Å². The van der Waals surface area contributed by atoms with Gasteiger partial charge in [-0.1, -0.05) is 11.6 Å². The van der Waals surface area contributed by atoms with Crippen molar-refractivity contribution < 1.29 is 14.3 Å². The van der Waals surface area contributed by atoms with Gasteiger partial charge in [0.1, 0.15) is 0 Å². The lowest BCUT2D eigenvalue weighted by Gasteiger charge is -2.18. The van der Waals surface area contributed by atoms with E-state index in [-0.39, 0.29) is 24.1 Å². The maximum Gasteiger partial charge on any atom is 0.315 e. The number of nitrogens with one attached hydrogen (secondary N) is 2. The van der Waals surface area contributed by atoms with Crippen LogP contribution in [-0.4, -0.2) is 43.8 Å². The molecule has 2 atom stereocenters. The van der Waals surface area contributed by atoms with Crippen molar-refractivity contribution in [2.75, 3.05) is 24.6 Å². The summed E-state index contributed by atoms with van der Waals surface area (Å²) in [6.45, 7) is 1.74. The van der Waals surface area contributed by atoms with E-state index in [9.17, 15) is 9.59 Å². The number of rotatable bonds is 4. The first-order valence-electron chi connectivity index (χ1n) is 7.84. The molecule has 0 unspecified atom stereocenters. The molecule has 2 aliphatic heterocycles. The second-order valence-electron chi connectivity index (χ2n) is 5.87. The number of benzene rings is 1. The average Bonchev–Trinajstić information content (AvgIpc) is 3.16. The summed E-state index contributed by atoms with van der Waals surface area (Å²) in [4.78, 5) is 25.7. The molecule has 2 aliphatic rings. The highest BCUT2D eigenvalue weighted by molar-refractivity contribution is 6.30. The molecule has 2 N–H and O–H groups in total. The zero-order valence-electron chi connectivity index (χ0n) is 12.8. The number of carbonyl (C=O) groups excluding carboxylic acids is 2. The number of halogens is 1. The topological polar surface area (TPSA) is 70.7 Å². The van der Waals surface area contributed by atoms with Crippen molar-refractivity contribution in [1.82, 2.24) is 10.6 Å². The maximum absolute atomic E-state index is 12.1. The minimum atomic E-state index is -0.253. The summed E-state index contributed by atoms with van der Waals surface area (Å²) in [5.74, 6) is -0.00301. The molecule has 2 saturated heterocycles. The summed E-state index contributed by atoms with van der Waals surface area (Å²) in [7, 11) is 0. The van der Waals surface area contributed by atoms with Crippen molar-refractivity contribution in [3.05, 3.63) is 29.3 Å². The summed E-state index contributed by atoms with van der Waals surface area (Å²) in [6.07, 6.45) is 2.43. The van der Waals surface area contributed by atoms with E-state index in [0.29, 0.717) is 24.5 Å². The molecule has 0 aromatic heterocycles. The minimum Gasteiger partial charge on any atom is -0.376 e. The fourth-order valence-electron chi connectivity index (χ4n) is 2.92. The Bertz CT molecular complexity index is 572. The summed E-state index contributed by atoms with van der Waals surface area (Å²) < 4.78 is 5.46. The molecule has 3 rings (SSSR count). The largest absolute Gasteiger partial charge is 0.376 e. The predicted octanol–water partition coefficient (Wildman–Crippen LogP) is 1.92. The molecular weight excluding hydrogens is 318 g/mol. The Kier molecular flexibility index (Phi) is 5.03. The first-order chi connectivity index (χ1) is 11.1. The van der Waals surface area contributed by atoms with Crippen molar-refractivity contribution in [3.63, 3.8) is 0 Å². The van der Waals surface area contributed by atoms with Crippen LogP contribution in [0.4, 0.5) is 10.5 Å². The second kappa shape index (κ2) is 7.19. The van der Waals surface area contributed by atoms with Crippen LogP contribution in [0.25, 0.3) is 0 Å². The molecule has 0 radical (unpaired) electrons. The molecule has 6 nitrogen and oxygen atoms in total. The Morgan fingerprint density at radius 3 is 2.83 bits per heavy atom. The monoisotopic (exact) mass is 337 g/mol. The Labute approximate surface area is 140 Å². The number of hydrogen-bond acceptors (Lipinski definition) is 3. The lowest BCUT2D eigenvalue weighted by Crippen LogP contribution is -2.45. The van der Waals surface area contributed by atoms with Crippen LogP contribution < -0.4 is 15.5 Å². The molecule has 2 fully saturated rings. The number of carbonyl (C=O) groups is 2. The number of ether oxygens (including phenoxy) is 1. The molecule has 3 amide bonds. The van der Waals surface area contributed by atoms with Crippen LogP contribution in [0.5, 0.6) is 0 Å².